The van der Waals surface area contributed by atoms with E-state index < -0.39 is 16.1 Å². The molecule has 0 aromatic heterocycles. The summed E-state index contributed by atoms with van der Waals surface area (Å²) < 4.78 is 27.3. The summed E-state index contributed by atoms with van der Waals surface area (Å²) in [6.07, 6.45) is 2.28. The molecule has 2 aliphatic rings. The SMILES string of the molecule is Cc1cc(S(=O)(=O)N2C3CCC2CC(O)C3)ccc1C#N. The molecule has 0 radical (unpaired) electrons. The Bertz CT molecular complexity index is 694. The first-order valence-electron chi connectivity index (χ1n) is 7.16. The molecule has 2 aliphatic heterocycles. The average Bonchev–Trinajstić information content (AvgIpc) is 2.72. The Balaban J connectivity index is 1.98. The second-order valence-electron chi connectivity index (χ2n) is 5.93. The summed E-state index contributed by atoms with van der Waals surface area (Å²) >= 11 is 0. The van der Waals surface area contributed by atoms with Gasteiger partial charge in [-0.05, 0) is 56.4 Å². The van der Waals surface area contributed by atoms with Crippen molar-refractivity contribution in [2.75, 3.05) is 0 Å². The number of hydrogen-bond donors (Lipinski definition) is 1. The third-order valence-electron chi connectivity index (χ3n) is 4.53. The van der Waals surface area contributed by atoms with E-state index in [1.165, 1.54) is 6.07 Å². The highest BCUT2D eigenvalue weighted by Crippen LogP contribution is 2.39. The van der Waals surface area contributed by atoms with Gasteiger partial charge in [-0.25, -0.2) is 8.42 Å². The van der Waals surface area contributed by atoms with Crippen LogP contribution in [0.3, 0.4) is 0 Å². The molecule has 0 saturated carbocycles. The van der Waals surface area contributed by atoms with Crippen molar-refractivity contribution in [2.24, 2.45) is 0 Å². The molecule has 5 nitrogen and oxygen atoms in total. The lowest BCUT2D eigenvalue weighted by atomic mass is 10.0. The fraction of sp³-hybridized carbons (Fsp3) is 0.533. The molecule has 2 bridgehead atoms. The van der Waals surface area contributed by atoms with Crippen LogP contribution in [0.1, 0.15) is 36.8 Å². The molecule has 2 unspecified atom stereocenters. The summed E-state index contributed by atoms with van der Waals surface area (Å²) in [6, 6.07) is 6.48. The predicted molar refractivity (Wildman–Crippen MR) is 77.0 cm³/mol. The van der Waals surface area contributed by atoms with Crippen LogP contribution >= 0.6 is 0 Å². The van der Waals surface area contributed by atoms with Crippen molar-refractivity contribution >= 4 is 10.0 Å². The van der Waals surface area contributed by atoms with Gasteiger partial charge < -0.3 is 5.11 Å². The van der Waals surface area contributed by atoms with E-state index in [9.17, 15) is 13.5 Å². The van der Waals surface area contributed by atoms with Crippen molar-refractivity contribution in [3.63, 3.8) is 0 Å². The van der Waals surface area contributed by atoms with Crippen molar-refractivity contribution < 1.29 is 13.5 Å². The first-order valence-corrected chi connectivity index (χ1v) is 8.60. The van der Waals surface area contributed by atoms with E-state index in [2.05, 4.69) is 0 Å². The number of rotatable bonds is 2. The summed E-state index contributed by atoms with van der Waals surface area (Å²) in [5.41, 5.74) is 1.16. The molecule has 0 amide bonds. The molecule has 112 valence electrons. The van der Waals surface area contributed by atoms with E-state index in [1.807, 2.05) is 6.07 Å². The van der Waals surface area contributed by atoms with E-state index in [-0.39, 0.29) is 17.0 Å². The van der Waals surface area contributed by atoms with E-state index >= 15 is 0 Å². The number of aliphatic hydroxyl groups excluding tert-OH is 1. The number of nitriles is 1. The number of aliphatic hydroxyl groups is 1. The number of sulfonamides is 1. The van der Waals surface area contributed by atoms with Crippen LogP contribution in [0.4, 0.5) is 0 Å². The number of piperidine rings is 1. The standard InChI is InChI=1S/C15H18N2O3S/c1-10-6-15(5-2-11(10)9-16)21(19,20)17-12-3-4-13(17)8-14(18)7-12/h2,5-6,12-14,18H,3-4,7-8H2,1H3. The second kappa shape index (κ2) is 5.09. The topological polar surface area (TPSA) is 81.4 Å². The zero-order valence-electron chi connectivity index (χ0n) is 11.9. The van der Waals surface area contributed by atoms with Gasteiger partial charge in [-0.3, -0.25) is 0 Å². The summed E-state index contributed by atoms with van der Waals surface area (Å²) in [5.74, 6) is 0. The number of hydrogen-bond acceptors (Lipinski definition) is 4. The van der Waals surface area contributed by atoms with E-state index in [1.54, 1.807) is 23.4 Å². The van der Waals surface area contributed by atoms with Crippen LogP contribution in [0.2, 0.25) is 0 Å². The maximum atomic E-state index is 12.9. The van der Waals surface area contributed by atoms with Gasteiger partial charge in [0.15, 0.2) is 0 Å². The van der Waals surface area contributed by atoms with Gasteiger partial charge in [0, 0.05) is 12.1 Å². The highest BCUT2D eigenvalue weighted by molar-refractivity contribution is 7.89. The third kappa shape index (κ3) is 2.35. The molecular weight excluding hydrogens is 288 g/mol. The Morgan fingerprint density at radius 1 is 1.29 bits per heavy atom. The normalized spacial score (nSPS) is 29.3. The predicted octanol–water partition coefficient (Wildman–Crippen LogP) is 1.54. The van der Waals surface area contributed by atoms with Gasteiger partial charge in [-0.15, -0.1) is 0 Å². The zero-order valence-corrected chi connectivity index (χ0v) is 12.7. The largest absolute Gasteiger partial charge is 0.393 e. The molecule has 0 spiro atoms. The van der Waals surface area contributed by atoms with Crippen molar-refractivity contribution in [1.82, 2.24) is 4.31 Å². The number of nitrogens with zero attached hydrogens (tertiary/aromatic N) is 2. The van der Waals surface area contributed by atoms with Crippen molar-refractivity contribution in [3.05, 3.63) is 29.3 Å². The monoisotopic (exact) mass is 306 g/mol. The maximum absolute atomic E-state index is 12.9. The van der Waals surface area contributed by atoms with Gasteiger partial charge in [0.25, 0.3) is 0 Å². The zero-order chi connectivity index (χ0) is 15.2. The average molecular weight is 306 g/mol. The molecule has 0 aliphatic carbocycles. The lowest BCUT2D eigenvalue weighted by molar-refractivity contribution is 0.0769. The minimum Gasteiger partial charge on any atom is -0.393 e. The second-order valence-corrected chi connectivity index (χ2v) is 7.78. The Morgan fingerprint density at radius 2 is 1.90 bits per heavy atom. The molecule has 2 atom stereocenters. The Labute approximate surface area is 124 Å². The molecule has 2 saturated heterocycles. The Hall–Kier alpha value is -1.42. The number of benzene rings is 1. The van der Waals surface area contributed by atoms with Crippen LogP contribution in [-0.2, 0) is 10.0 Å². The molecule has 1 aromatic carbocycles. The smallest absolute Gasteiger partial charge is 0.243 e. The van der Waals surface area contributed by atoms with Gasteiger partial charge in [0.05, 0.1) is 22.6 Å². The molecule has 1 N–H and O–H groups in total. The molecule has 2 heterocycles. The molecular formula is C15H18N2O3S. The molecule has 1 aromatic rings. The van der Waals surface area contributed by atoms with Gasteiger partial charge in [-0.1, -0.05) is 0 Å². The lowest BCUT2D eigenvalue weighted by Gasteiger charge is -2.36. The fourth-order valence-corrected chi connectivity index (χ4v) is 5.52. The van der Waals surface area contributed by atoms with E-state index in [0.717, 1.165) is 12.8 Å². The summed E-state index contributed by atoms with van der Waals surface area (Å²) in [4.78, 5) is 0.243. The minimum absolute atomic E-state index is 0.0975. The minimum atomic E-state index is -3.56. The molecule has 2 fully saturated rings. The number of aryl methyl sites for hydroxylation is 1. The quantitative estimate of drug-likeness (QED) is 0.898. The van der Waals surface area contributed by atoms with Gasteiger partial charge >= 0.3 is 0 Å². The summed E-state index contributed by atoms with van der Waals surface area (Å²) in [6.45, 7) is 1.74. The summed E-state index contributed by atoms with van der Waals surface area (Å²) in [5, 5.41) is 18.7. The van der Waals surface area contributed by atoms with E-state index in [0.29, 0.717) is 24.0 Å². The van der Waals surface area contributed by atoms with Gasteiger partial charge in [0.1, 0.15) is 0 Å². The van der Waals surface area contributed by atoms with Gasteiger partial charge in [-0.2, -0.15) is 9.57 Å². The van der Waals surface area contributed by atoms with Gasteiger partial charge in [0.2, 0.25) is 10.0 Å². The molecule has 21 heavy (non-hydrogen) atoms. The van der Waals surface area contributed by atoms with E-state index in [4.69, 9.17) is 5.26 Å². The number of fused-ring (bicyclic) bond motifs is 2. The van der Waals surface area contributed by atoms with Crippen LogP contribution in [-0.4, -0.2) is 36.0 Å². The first kappa shape index (κ1) is 14.5. The Morgan fingerprint density at radius 3 is 2.43 bits per heavy atom. The first-order chi connectivity index (χ1) is 9.93. The third-order valence-corrected chi connectivity index (χ3v) is 6.54. The van der Waals surface area contributed by atoms with Crippen molar-refractivity contribution in [1.29, 1.82) is 5.26 Å². The van der Waals surface area contributed by atoms with Crippen LogP contribution < -0.4 is 0 Å². The summed E-state index contributed by atoms with van der Waals surface area (Å²) in [7, 11) is -3.56. The highest BCUT2D eigenvalue weighted by atomic mass is 32.2. The van der Waals surface area contributed by atoms with Crippen molar-refractivity contribution in [3.8, 4) is 6.07 Å². The Kier molecular flexibility index (Phi) is 3.52. The van der Waals surface area contributed by atoms with Crippen LogP contribution in [0.5, 0.6) is 0 Å². The van der Waals surface area contributed by atoms with Crippen LogP contribution in [0, 0.1) is 18.3 Å². The molecule has 3 rings (SSSR count). The molecule has 6 heteroatoms. The fourth-order valence-electron chi connectivity index (χ4n) is 3.54. The van der Waals surface area contributed by atoms with Crippen LogP contribution in [0.15, 0.2) is 23.1 Å². The lowest BCUT2D eigenvalue weighted by Crippen LogP contribution is -2.47. The maximum Gasteiger partial charge on any atom is 0.243 e. The van der Waals surface area contributed by atoms with Crippen LogP contribution in [0.25, 0.3) is 0 Å². The highest BCUT2D eigenvalue weighted by Gasteiger charge is 2.46. The van der Waals surface area contributed by atoms with Crippen molar-refractivity contribution in [2.45, 2.75) is 55.7 Å².